The van der Waals surface area contributed by atoms with Crippen LogP contribution in [-0.2, 0) is 29.4 Å². The van der Waals surface area contributed by atoms with Crippen LogP contribution in [0.3, 0.4) is 0 Å². The van der Waals surface area contributed by atoms with Gasteiger partial charge in [0.1, 0.15) is 0 Å². The second kappa shape index (κ2) is 12.5. The summed E-state index contributed by atoms with van der Waals surface area (Å²) >= 11 is 6.05. The Morgan fingerprint density at radius 2 is 0.977 bits per heavy atom. The summed E-state index contributed by atoms with van der Waals surface area (Å²) in [5.41, 5.74) is -0.0627. The Morgan fingerprint density at radius 3 is 1.44 bits per heavy atom. The molecule has 12 heteroatoms. The molecule has 0 aromatic heterocycles. The molecule has 0 saturated carbocycles. The number of hydrogen-bond donors (Lipinski definition) is 0. The molecule has 0 N–H and O–H groups in total. The molecule has 0 unspecified atom stereocenters. The minimum atomic E-state index is -3.54. The van der Waals surface area contributed by atoms with Crippen molar-refractivity contribution in [3.05, 3.63) is 77.8 Å². The van der Waals surface area contributed by atoms with Crippen molar-refractivity contribution in [3.63, 3.8) is 0 Å². The van der Waals surface area contributed by atoms with Crippen molar-refractivity contribution in [1.29, 1.82) is 0 Å². The molecule has 4 aromatic carbocycles. The Morgan fingerprint density at radius 1 is 0.605 bits per heavy atom. The van der Waals surface area contributed by atoms with Gasteiger partial charge in [-0.15, -0.1) is 0 Å². The maximum atomic E-state index is 12.6. The molecule has 0 spiro atoms. The molecule has 5 rings (SSSR count). The lowest BCUT2D eigenvalue weighted by atomic mass is 9.76. The number of fused-ring (bicyclic) bond motifs is 2. The van der Waals surface area contributed by atoms with Gasteiger partial charge in [-0.3, -0.25) is 0 Å². The third-order valence-electron chi connectivity index (χ3n) is 7.77. The lowest BCUT2D eigenvalue weighted by molar-refractivity contribution is 0.00578. The molecule has 43 heavy (non-hydrogen) atoms. The van der Waals surface area contributed by atoms with Crippen LogP contribution in [0.25, 0.3) is 21.5 Å². The van der Waals surface area contributed by atoms with Gasteiger partial charge in [0.25, 0.3) is 0 Å². The van der Waals surface area contributed by atoms with Crippen molar-refractivity contribution < 1.29 is 26.1 Å². The van der Waals surface area contributed by atoms with Crippen LogP contribution in [0.5, 0.6) is 0 Å². The number of hydrogen-bond acceptors (Lipinski definition) is 6. The minimum absolute atomic E-state index is 0. The fourth-order valence-corrected chi connectivity index (χ4v) is 7.00. The van der Waals surface area contributed by atoms with E-state index in [1.165, 1.54) is 36.8 Å². The second-order valence-corrected chi connectivity index (χ2v) is 16.1. The highest BCUT2D eigenvalue weighted by atomic mass is 35.5. The first-order valence-corrected chi connectivity index (χ1v) is 16.6. The Labute approximate surface area is 261 Å². The highest BCUT2D eigenvalue weighted by molar-refractivity contribution is 7.89. The molecular weight excluding hydrogens is 607 g/mol. The predicted molar refractivity (Wildman–Crippen MR) is 177 cm³/mol. The van der Waals surface area contributed by atoms with E-state index in [0.717, 1.165) is 16.2 Å². The van der Waals surface area contributed by atoms with Gasteiger partial charge in [-0.05, 0) is 56.7 Å². The van der Waals surface area contributed by atoms with E-state index in [4.69, 9.17) is 20.9 Å². The van der Waals surface area contributed by atoms with E-state index in [9.17, 15) is 16.8 Å². The van der Waals surface area contributed by atoms with E-state index in [-0.39, 0.29) is 17.2 Å². The summed E-state index contributed by atoms with van der Waals surface area (Å²) in [7, 11) is -1.43. The van der Waals surface area contributed by atoms with Gasteiger partial charge in [-0.25, -0.2) is 25.4 Å². The van der Waals surface area contributed by atoms with Gasteiger partial charge in [-0.1, -0.05) is 73.6 Å². The summed E-state index contributed by atoms with van der Waals surface area (Å²) in [4.78, 5) is 0.566. The van der Waals surface area contributed by atoms with Crippen molar-refractivity contribution >= 4 is 65.8 Å². The number of benzene rings is 4. The highest BCUT2D eigenvalue weighted by Crippen LogP contribution is 2.37. The van der Waals surface area contributed by atoms with E-state index >= 15 is 0 Å². The smallest absolute Gasteiger partial charge is 0.399 e. The topological polar surface area (TPSA) is 93.2 Å². The number of nitrogens with zero attached hydrogens (tertiary/aromatic N) is 2. The summed E-state index contributed by atoms with van der Waals surface area (Å²) in [6.07, 6.45) is 0. The van der Waals surface area contributed by atoms with Gasteiger partial charge in [0.05, 0.1) is 21.0 Å². The van der Waals surface area contributed by atoms with Crippen LogP contribution in [0.2, 0.25) is 5.02 Å². The SMILES string of the molecule is C.CN(C)S(=O)(=O)c1cccc2c(B3OC(C)(C)C(C)(C)O3)cccc12.CN(C)S(=O)(=O)c1cccc2c(Cl)cccc12. The minimum Gasteiger partial charge on any atom is -0.399 e. The van der Waals surface area contributed by atoms with Crippen molar-refractivity contribution in [2.24, 2.45) is 0 Å². The van der Waals surface area contributed by atoms with E-state index in [1.807, 2.05) is 58.0 Å². The average Bonchev–Trinajstić information content (AvgIpc) is 3.14. The Balaban J connectivity index is 0.000000247. The van der Waals surface area contributed by atoms with Gasteiger partial charge < -0.3 is 9.31 Å². The van der Waals surface area contributed by atoms with Gasteiger partial charge in [0.15, 0.2) is 0 Å². The molecule has 1 heterocycles. The van der Waals surface area contributed by atoms with Gasteiger partial charge in [0.2, 0.25) is 20.0 Å². The normalized spacial score (nSPS) is 16.3. The Hall–Kier alpha value is -2.51. The van der Waals surface area contributed by atoms with Crippen molar-refractivity contribution in [2.75, 3.05) is 28.2 Å². The van der Waals surface area contributed by atoms with Gasteiger partial charge >= 0.3 is 7.12 Å². The standard InChI is InChI=1S/C18H24BNO4S.C12H12ClNO2S.CH4/c1-17(2)18(3,4)24-19(23-17)15-11-7-10-14-13(15)9-8-12-16(14)25(21,22)20(5)6;1-14(2)17(15,16)12-8-4-5-9-10(12)6-3-7-11(9)13;/h7-12H,1-6H3;3-8H,1-2H3;1H4. The summed E-state index contributed by atoms with van der Waals surface area (Å²) < 4.78 is 64.3. The van der Waals surface area contributed by atoms with Crippen LogP contribution in [0.15, 0.2) is 82.6 Å². The fraction of sp³-hybridized carbons (Fsp3) is 0.355. The Kier molecular flexibility index (Phi) is 10.1. The quantitative estimate of drug-likeness (QED) is 0.256. The number of halogens is 1. The van der Waals surface area contributed by atoms with Crippen LogP contribution in [0.4, 0.5) is 0 Å². The maximum Gasteiger partial charge on any atom is 0.495 e. The largest absolute Gasteiger partial charge is 0.495 e. The Bertz CT molecular complexity index is 1840. The predicted octanol–water partition coefficient (Wildman–Crippen LogP) is 5.77. The molecule has 0 aliphatic carbocycles. The summed E-state index contributed by atoms with van der Waals surface area (Å²) in [5, 5.41) is 3.44. The van der Waals surface area contributed by atoms with E-state index in [2.05, 4.69) is 0 Å². The van der Waals surface area contributed by atoms with Crippen molar-refractivity contribution in [2.45, 2.75) is 56.1 Å². The molecule has 232 valence electrons. The monoisotopic (exact) mass is 646 g/mol. The summed E-state index contributed by atoms with van der Waals surface area (Å²) in [5.74, 6) is 0. The van der Waals surface area contributed by atoms with Gasteiger partial charge in [0, 0.05) is 49.4 Å². The highest BCUT2D eigenvalue weighted by Gasteiger charge is 2.52. The van der Waals surface area contributed by atoms with Gasteiger partial charge in [-0.2, -0.15) is 0 Å². The number of rotatable bonds is 5. The summed E-state index contributed by atoms with van der Waals surface area (Å²) in [6.45, 7) is 8.00. The lowest BCUT2D eigenvalue weighted by Gasteiger charge is -2.32. The molecule has 0 atom stereocenters. The molecule has 0 radical (unpaired) electrons. The first kappa shape index (κ1) is 35.0. The third kappa shape index (κ3) is 6.49. The van der Waals surface area contributed by atoms with E-state index in [0.29, 0.717) is 15.8 Å². The molecule has 0 bridgehead atoms. The zero-order valence-corrected chi connectivity index (χ0v) is 27.4. The maximum absolute atomic E-state index is 12.6. The van der Waals surface area contributed by atoms with Crippen molar-refractivity contribution in [3.8, 4) is 0 Å². The second-order valence-electron chi connectivity index (χ2n) is 11.5. The van der Waals surface area contributed by atoms with Crippen LogP contribution >= 0.6 is 11.6 Å². The summed E-state index contributed by atoms with van der Waals surface area (Å²) in [6, 6.07) is 21.2. The molecule has 1 fully saturated rings. The van der Waals surface area contributed by atoms with Crippen LogP contribution < -0.4 is 5.46 Å². The molecular formula is C31H40BClN2O6S2. The van der Waals surface area contributed by atoms with Crippen LogP contribution in [-0.4, -0.2) is 72.0 Å². The molecule has 1 aliphatic rings. The number of sulfonamides is 2. The zero-order chi connectivity index (χ0) is 31.3. The van der Waals surface area contributed by atoms with Crippen LogP contribution in [0, 0.1) is 0 Å². The average molecular weight is 647 g/mol. The fourth-order valence-electron chi connectivity index (χ4n) is 4.57. The molecule has 4 aromatic rings. The third-order valence-corrected chi connectivity index (χ3v) is 11.8. The molecule has 1 saturated heterocycles. The molecule has 8 nitrogen and oxygen atoms in total. The lowest BCUT2D eigenvalue weighted by Crippen LogP contribution is -2.41. The van der Waals surface area contributed by atoms with Crippen molar-refractivity contribution in [1.82, 2.24) is 8.61 Å². The first-order valence-electron chi connectivity index (χ1n) is 13.3. The van der Waals surface area contributed by atoms with Crippen LogP contribution in [0.1, 0.15) is 35.1 Å². The zero-order valence-electron chi connectivity index (χ0n) is 25.0. The molecule has 0 amide bonds. The van der Waals surface area contributed by atoms with E-state index in [1.54, 1.807) is 42.5 Å². The molecule has 1 aliphatic heterocycles. The van der Waals surface area contributed by atoms with E-state index < -0.39 is 38.4 Å². The first-order chi connectivity index (χ1) is 19.4.